The predicted octanol–water partition coefficient (Wildman–Crippen LogP) is 2.50. The van der Waals surface area contributed by atoms with Crippen molar-refractivity contribution in [2.24, 2.45) is 0 Å². The Morgan fingerprint density at radius 1 is 1.38 bits per heavy atom. The van der Waals surface area contributed by atoms with Crippen LogP contribution in [0, 0.1) is 6.92 Å². The lowest BCUT2D eigenvalue weighted by molar-refractivity contribution is 0.197. The molecule has 1 saturated heterocycles. The van der Waals surface area contributed by atoms with Gasteiger partial charge in [-0.1, -0.05) is 11.2 Å². The molecule has 2 amide bonds. The molecule has 1 aliphatic heterocycles. The second-order valence-electron chi connectivity index (χ2n) is 6.11. The molecule has 2 aromatic heterocycles. The molecule has 24 heavy (non-hydrogen) atoms. The number of nitrogens with one attached hydrogen (secondary N) is 1. The molecule has 2 aromatic rings. The highest BCUT2D eigenvalue weighted by Crippen LogP contribution is 2.10. The second kappa shape index (κ2) is 8.30. The summed E-state index contributed by atoms with van der Waals surface area (Å²) in [5, 5.41) is 9.15. The second-order valence-corrected chi connectivity index (χ2v) is 7.14. The lowest BCUT2D eigenvalue weighted by Gasteiger charge is -2.21. The number of thiophene rings is 1. The minimum absolute atomic E-state index is 0.0469. The first-order valence-electron chi connectivity index (χ1n) is 8.40. The third-order valence-electron chi connectivity index (χ3n) is 4.17. The van der Waals surface area contributed by atoms with Crippen LogP contribution in [-0.4, -0.2) is 53.7 Å². The maximum Gasteiger partial charge on any atom is 0.317 e. The highest BCUT2D eigenvalue weighted by molar-refractivity contribution is 7.09. The quantitative estimate of drug-likeness (QED) is 0.902. The van der Waals surface area contributed by atoms with Gasteiger partial charge in [-0.15, -0.1) is 11.3 Å². The average molecular weight is 348 g/mol. The summed E-state index contributed by atoms with van der Waals surface area (Å²) in [6.07, 6.45) is 1.88. The van der Waals surface area contributed by atoms with Gasteiger partial charge in [0.25, 0.3) is 0 Å². The molecule has 1 aliphatic rings. The Labute approximate surface area is 146 Å². The molecule has 3 rings (SSSR count). The number of carbonyl (C=O) groups excluding carboxylic acids is 1. The first-order valence-corrected chi connectivity index (χ1v) is 9.28. The van der Waals surface area contributed by atoms with Gasteiger partial charge in [0, 0.05) is 50.2 Å². The van der Waals surface area contributed by atoms with Crippen LogP contribution in [-0.2, 0) is 13.0 Å². The number of nitrogens with zero attached hydrogens (tertiary/aromatic N) is 3. The van der Waals surface area contributed by atoms with Crippen LogP contribution in [0.1, 0.15) is 22.8 Å². The Morgan fingerprint density at radius 3 is 3.04 bits per heavy atom. The summed E-state index contributed by atoms with van der Waals surface area (Å²) >= 11 is 1.73. The van der Waals surface area contributed by atoms with E-state index < -0.39 is 0 Å². The van der Waals surface area contributed by atoms with Crippen LogP contribution >= 0.6 is 11.3 Å². The van der Waals surface area contributed by atoms with Crippen molar-refractivity contribution in [3.8, 4) is 0 Å². The minimum atomic E-state index is 0.0469. The number of urea groups is 1. The van der Waals surface area contributed by atoms with Gasteiger partial charge in [0.1, 0.15) is 5.76 Å². The Hall–Kier alpha value is -1.86. The number of rotatable bonds is 5. The molecule has 130 valence electrons. The van der Waals surface area contributed by atoms with Crippen molar-refractivity contribution in [2.45, 2.75) is 26.3 Å². The monoisotopic (exact) mass is 348 g/mol. The van der Waals surface area contributed by atoms with Crippen molar-refractivity contribution in [3.63, 3.8) is 0 Å². The lowest BCUT2D eigenvalue weighted by Crippen LogP contribution is -2.42. The fourth-order valence-electron chi connectivity index (χ4n) is 2.91. The molecule has 0 atom stereocenters. The molecule has 0 aromatic carbocycles. The van der Waals surface area contributed by atoms with Crippen LogP contribution in [0.2, 0.25) is 0 Å². The SMILES string of the molecule is Cc1cc(CN2CCCN(C(=O)NCCc3cccs3)CC2)no1. The zero-order valence-corrected chi connectivity index (χ0v) is 14.8. The van der Waals surface area contributed by atoms with Crippen molar-refractivity contribution in [2.75, 3.05) is 32.7 Å². The largest absolute Gasteiger partial charge is 0.361 e. The van der Waals surface area contributed by atoms with Crippen LogP contribution in [0.5, 0.6) is 0 Å². The Morgan fingerprint density at radius 2 is 2.29 bits per heavy atom. The maximum absolute atomic E-state index is 12.3. The van der Waals surface area contributed by atoms with E-state index in [0.717, 1.165) is 57.0 Å². The van der Waals surface area contributed by atoms with E-state index in [1.165, 1.54) is 4.88 Å². The van der Waals surface area contributed by atoms with Crippen LogP contribution in [0.25, 0.3) is 0 Å². The fraction of sp³-hybridized carbons (Fsp3) is 0.529. The third kappa shape index (κ3) is 4.82. The topological polar surface area (TPSA) is 61.6 Å². The van der Waals surface area contributed by atoms with Crippen molar-refractivity contribution in [1.29, 1.82) is 0 Å². The summed E-state index contributed by atoms with van der Waals surface area (Å²) in [5.74, 6) is 0.839. The molecule has 1 N–H and O–H groups in total. The minimum Gasteiger partial charge on any atom is -0.361 e. The zero-order valence-electron chi connectivity index (χ0n) is 14.0. The standard InChI is InChI=1S/C17H24N4O2S/c1-14-12-15(19-23-14)13-20-7-3-8-21(10-9-20)17(22)18-6-5-16-4-2-11-24-16/h2,4,11-12H,3,5-10,13H2,1H3,(H,18,22). The van der Waals surface area contributed by atoms with Gasteiger partial charge in [-0.3, -0.25) is 4.90 Å². The number of hydrogen-bond donors (Lipinski definition) is 1. The van der Waals surface area contributed by atoms with E-state index in [1.807, 2.05) is 24.0 Å². The molecular formula is C17H24N4O2S. The van der Waals surface area contributed by atoms with Crippen molar-refractivity contribution < 1.29 is 9.32 Å². The molecule has 7 heteroatoms. The Kier molecular flexibility index (Phi) is 5.87. The Balaban J connectivity index is 1.41. The van der Waals surface area contributed by atoms with Crippen molar-refractivity contribution in [3.05, 3.63) is 39.9 Å². The van der Waals surface area contributed by atoms with Gasteiger partial charge in [-0.2, -0.15) is 0 Å². The zero-order chi connectivity index (χ0) is 16.8. The van der Waals surface area contributed by atoms with Gasteiger partial charge in [0.05, 0.1) is 5.69 Å². The predicted molar refractivity (Wildman–Crippen MR) is 94.1 cm³/mol. The average Bonchev–Trinajstić information content (AvgIpc) is 3.15. The first kappa shape index (κ1) is 17.0. The van der Waals surface area contributed by atoms with Gasteiger partial charge >= 0.3 is 6.03 Å². The van der Waals surface area contributed by atoms with Crippen molar-refractivity contribution >= 4 is 17.4 Å². The molecule has 0 bridgehead atoms. The van der Waals surface area contributed by atoms with E-state index in [1.54, 1.807) is 11.3 Å². The highest BCUT2D eigenvalue weighted by Gasteiger charge is 2.19. The molecule has 6 nitrogen and oxygen atoms in total. The van der Waals surface area contributed by atoms with E-state index in [-0.39, 0.29) is 6.03 Å². The third-order valence-corrected chi connectivity index (χ3v) is 5.10. The van der Waals surface area contributed by atoms with Gasteiger partial charge in [0.15, 0.2) is 0 Å². The molecular weight excluding hydrogens is 324 g/mol. The van der Waals surface area contributed by atoms with Gasteiger partial charge in [0.2, 0.25) is 0 Å². The number of hydrogen-bond acceptors (Lipinski definition) is 5. The summed E-state index contributed by atoms with van der Waals surface area (Å²) < 4.78 is 5.12. The molecule has 0 radical (unpaired) electrons. The van der Waals surface area contributed by atoms with E-state index in [9.17, 15) is 4.79 Å². The molecule has 0 unspecified atom stereocenters. The lowest BCUT2D eigenvalue weighted by atomic mass is 10.3. The van der Waals surface area contributed by atoms with Crippen LogP contribution < -0.4 is 5.32 Å². The van der Waals surface area contributed by atoms with Crippen LogP contribution in [0.15, 0.2) is 28.1 Å². The fourth-order valence-corrected chi connectivity index (χ4v) is 3.62. The molecule has 0 aliphatic carbocycles. The van der Waals surface area contributed by atoms with Gasteiger partial charge in [-0.25, -0.2) is 4.79 Å². The van der Waals surface area contributed by atoms with Crippen molar-refractivity contribution in [1.82, 2.24) is 20.3 Å². The molecule has 0 saturated carbocycles. The van der Waals surface area contributed by atoms with E-state index in [4.69, 9.17) is 4.52 Å². The summed E-state index contributed by atoms with van der Waals surface area (Å²) in [5.41, 5.74) is 0.960. The summed E-state index contributed by atoms with van der Waals surface area (Å²) in [6, 6.07) is 6.17. The van der Waals surface area contributed by atoms with E-state index in [0.29, 0.717) is 6.54 Å². The summed E-state index contributed by atoms with van der Waals surface area (Å²) in [7, 11) is 0. The molecule has 3 heterocycles. The number of aromatic nitrogens is 1. The number of amides is 2. The van der Waals surface area contributed by atoms with E-state index >= 15 is 0 Å². The maximum atomic E-state index is 12.3. The first-order chi connectivity index (χ1) is 11.7. The summed E-state index contributed by atoms with van der Waals surface area (Å²) in [6.45, 7) is 6.78. The highest BCUT2D eigenvalue weighted by atomic mass is 32.1. The molecule has 1 fully saturated rings. The smallest absolute Gasteiger partial charge is 0.317 e. The molecule has 0 spiro atoms. The number of aryl methyl sites for hydroxylation is 1. The van der Waals surface area contributed by atoms with Gasteiger partial charge < -0.3 is 14.7 Å². The van der Waals surface area contributed by atoms with Crippen LogP contribution in [0.3, 0.4) is 0 Å². The summed E-state index contributed by atoms with van der Waals surface area (Å²) in [4.78, 5) is 17.9. The Bertz CT molecular complexity index is 641. The van der Waals surface area contributed by atoms with Gasteiger partial charge in [-0.05, 0) is 31.2 Å². The normalized spacial score (nSPS) is 16.1. The van der Waals surface area contributed by atoms with Crippen LogP contribution in [0.4, 0.5) is 4.79 Å². The van der Waals surface area contributed by atoms with E-state index in [2.05, 4.69) is 26.8 Å². The number of carbonyl (C=O) groups is 1.